The molecule has 0 aliphatic heterocycles. The molecular formula is C14H21BrN2O2S. The minimum atomic E-state index is -3.43. The SMILES string of the molecule is CC(C)NCc1ccc(Br)c(S(=O)(=O)NCC2CC2)c1. The van der Waals surface area contributed by atoms with Gasteiger partial charge < -0.3 is 5.32 Å². The maximum Gasteiger partial charge on any atom is 0.241 e. The summed E-state index contributed by atoms with van der Waals surface area (Å²) in [5.41, 5.74) is 0.966. The monoisotopic (exact) mass is 360 g/mol. The number of hydrogen-bond acceptors (Lipinski definition) is 3. The predicted octanol–water partition coefficient (Wildman–Crippen LogP) is 2.64. The molecule has 112 valence electrons. The van der Waals surface area contributed by atoms with E-state index in [0.29, 0.717) is 34.4 Å². The van der Waals surface area contributed by atoms with E-state index < -0.39 is 10.0 Å². The Labute approximate surface area is 129 Å². The zero-order chi connectivity index (χ0) is 14.8. The van der Waals surface area contributed by atoms with Gasteiger partial charge in [-0.2, -0.15) is 0 Å². The van der Waals surface area contributed by atoms with Crippen molar-refractivity contribution in [3.05, 3.63) is 28.2 Å². The molecule has 1 aromatic carbocycles. The Kier molecular flexibility index (Phi) is 5.23. The molecule has 1 fully saturated rings. The Hall–Kier alpha value is -0.430. The van der Waals surface area contributed by atoms with E-state index in [1.807, 2.05) is 6.07 Å². The molecule has 2 rings (SSSR count). The van der Waals surface area contributed by atoms with Crippen LogP contribution in [0.15, 0.2) is 27.6 Å². The third kappa shape index (κ3) is 4.55. The second-order valence-electron chi connectivity index (χ2n) is 5.60. The van der Waals surface area contributed by atoms with E-state index in [4.69, 9.17) is 0 Å². The molecule has 6 heteroatoms. The van der Waals surface area contributed by atoms with Crippen molar-refractivity contribution in [3.63, 3.8) is 0 Å². The highest BCUT2D eigenvalue weighted by molar-refractivity contribution is 9.10. The molecule has 0 bridgehead atoms. The first-order chi connectivity index (χ1) is 9.38. The van der Waals surface area contributed by atoms with Gasteiger partial charge in [-0.15, -0.1) is 0 Å². The molecule has 2 N–H and O–H groups in total. The van der Waals surface area contributed by atoms with Crippen molar-refractivity contribution >= 4 is 26.0 Å². The summed E-state index contributed by atoms with van der Waals surface area (Å²) in [5.74, 6) is 0.523. The van der Waals surface area contributed by atoms with Gasteiger partial charge in [0, 0.05) is 23.6 Å². The van der Waals surface area contributed by atoms with E-state index >= 15 is 0 Å². The highest BCUT2D eigenvalue weighted by Gasteiger charge is 2.25. The van der Waals surface area contributed by atoms with Gasteiger partial charge in [0.05, 0.1) is 4.90 Å². The van der Waals surface area contributed by atoms with Gasteiger partial charge in [-0.25, -0.2) is 13.1 Å². The van der Waals surface area contributed by atoms with Crippen molar-refractivity contribution in [2.75, 3.05) is 6.54 Å². The summed E-state index contributed by atoms with van der Waals surface area (Å²) in [5, 5.41) is 3.29. The maximum absolute atomic E-state index is 12.3. The molecule has 0 radical (unpaired) electrons. The van der Waals surface area contributed by atoms with Gasteiger partial charge >= 0.3 is 0 Å². The van der Waals surface area contributed by atoms with Crippen molar-refractivity contribution in [1.82, 2.24) is 10.0 Å². The van der Waals surface area contributed by atoms with E-state index in [1.165, 1.54) is 0 Å². The second-order valence-corrected chi connectivity index (χ2v) is 8.19. The third-order valence-electron chi connectivity index (χ3n) is 3.26. The van der Waals surface area contributed by atoms with Crippen molar-refractivity contribution in [2.24, 2.45) is 5.92 Å². The second kappa shape index (κ2) is 6.56. The van der Waals surface area contributed by atoms with Gasteiger partial charge in [0.2, 0.25) is 10.0 Å². The van der Waals surface area contributed by atoms with E-state index in [-0.39, 0.29) is 0 Å². The molecule has 20 heavy (non-hydrogen) atoms. The Balaban J connectivity index is 2.13. The topological polar surface area (TPSA) is 58.2 Å². The average Bonchev–Trinajstić information content (AvgIpc) is 3.19. The van der Waals surface area contributed by atoms with Gasteiger partial charge in [-0.3, -0.25) is 0 Å². The molecule has 0 heterocycles. The highest BCUT2D eigenvalue weighted by atomic mass is 79.9. The molecule has 0 unspecified atom stereocenters. The zero-order valence-corrected chi connectivity index (χ0v) is 14.2. The Morgan fingerprint density at radius 3 is 2.65 bits per heavy atom. The molecule has 1 aromatic rings. The lowest BCUT2D eigenvalue weighted by Crippen LogP contribution is -2.26. The van der Waals surface area contributed by atoms with Gasteiger partial charge in [0.1, 0.15) is 0 Å². The van der Waals surface area contributed by atoms with Crippen LogP contribution in [0.5, 0.6) is 0 Å². The molecule has 1 aliphatic rings. The molecule has 0 spiro atoms. The Morgan fingerprint density at radius 1 is 1.35 bits per heavy atom. The summed E-state index contributed by atoms with van der Waals surface area (Å²) in [6.45, 7) is 5.33. The van der Waals surface area contributed by atoms with E-state index in [0.717, 1.165) is 18.4 Å². The van der Waals surface area contributed by atoms with E-state index in [1.54, 1.807) is 12.1 Å². The quantitative estimate of drug-likeness (QED) is 0.785. The van der Waals surface area contributed by atoms with Gasteiger partial charge in [-0.05, 0) is 52.4 Å². The summed E-state index contributed by atoms with van der Waals surface area (Å²) in [4.78, 5) is 0.321. The van der Waals surface area contributed by atoms with Gasteiger partial charge in [0.25, 0.3) is 0 Å². The summed E-state index contributed by atoms with van der Waals surface area (Å²) in [6.07, 6.45) is 2.25. The maximum atomic E-state index is 12.3. The van der Waals surface area contributed by atoms with Crippen LogP contribution in [0.1, 0.15) is 32.3 Å². The van der Waals surface area contributed by atoms with Gasteiger partial charge in [-0.1, -0.05) is 19.9 Å². The summed E-state index contributed by atoms with van der Waals surface area (Å²) >= 11 is 3.33. The van der Waals surface area contributed by atoms with E-state index in [9.17, 15) is 8.42 Å². The van der Waals surface area contributed by atoms with Crippen LogP contribution < -0.4 is 10.0 Å². The molecule has 0 saturated heterocycles. The van der Waals surface area contributed by atoms with Crippen LogP contribution in [0.2, 0.25) is 0 Å². The number of rotatable bonds is 7. The Morgan fingerprint density at radius 2 is 2.05 bits per heavy atom. The van der Waals surface area contributed by atoms with Crippen LogP contribution >= 0.6 is 15.9 Å². The smallest absolute Gasteiger partial charge is 0.241 e. The summed E-state index contributed by atoms with van der Waals surface area (Å²) in [6, 6.07) is 5.82. The van der Waals surface area contributed by atoms with Crippen LogP contribution in [0.3, 0.4) is 0 Å². The summed E-state index contributed by atoms with van der Waals surface area (Å²) < 4.78 is 27.9. The van der Waals surface area contributed by atoms with Crippen molar-refractivity contribution < 1.29 is 8.42 Å². The van der Waals surface area contributed by atoms with Crippen LogP contribution in [0.4, 0.5) is 0 Å². The minimum absolute atomic E-state index is 0.321. The minimum Gasteiger partial charge on any atom is -0.310 e. The Bertz CT molecular complexity index is 569. The number of sulfonamides is 1. The fraction of sp³-hybridized carbons (Fsp3) is 0.571. The lowest BCUT2D eigenvalue weighted by Gasteiger charge is -2.12. The normalized spacial score (nSPS) is 15.8. The van der Waals surface area contributed by atoms with Crippen molar-refractivity contribution in [3.8, 4) is 0 Å². The van der Waals surface area contributed by atoms with Crippen LogP contribution in [0.25, 0.3) is 0 Å². The third-order valence-corrected chi connectivity index (χ3v) is 5.68. The molecular weight excluding hydrogens is 340 g/mol. The number of hydrogen-bond donors (Lipinski definition) is 2. The summed E-state index contributed by atoms with van der Waals surface area (Å²) in [7, 11) is -3.43. The lowest BCUT2D eigenvalue weighted by atomic mass is 10.2. The fourth-order valence-electron chi connectivity index (χ4n) is 1.81. The van der Waals surface area contributed by atoms with Crippen LogP contribution in [-0.2, 0) is 16.6 Å². The van der Waals surface area contributed by atoms with Crippen LogP contribution in [0, 0.1) is 5.92 Å². The molecule has 0 aromatic heterocycles. The highest BCUT2D eigenvalue weighted by Crippen LogP contribution is 2.29. The van der Waals surface area contributed by atoms with E-state index in [2.05, 4.69) is 39.8 Å². The largest absolute Gasteiger partial charge is 0.310 e. The molecule has 1 aliphatic carbocycles. The van der Waals surface area contributed by atoms with Gasteiger partial charge in [0.15, 0.2) is 0 Å². The first-order valence-corrected chi connectivity index (χ1v) is 9.17. The molecule has 0 amide bonds. The lowest BCUT2D eigenvalue weighted by molar-refractivity contribution is 0.575. The molecule has 4 nitrogen and oxygen atoms in total. The molecule has 0 atom stereocenters. The first kappa shape index (κ1) is 15.9. The molecule has 1 saturated carbocycles. The van der Waals surface area contributed by atoms with Crippen LogP contribution in [-0.4, -0.2) is 21.0 Å². The zero-order valence-electron chi connectivity index (χ0n) is 11.8. The number of benzene rings is 1. The predicted molar refractivity (Wildman–Crippen MR) is 84.0 cm³/mol. The fourth-order valence-corrected chi connectivity index (χ4v) is 3.94. The first-order valence-electron chi connectivity index (χ1n) is 6.90. The number of nitrogens with one attached hydrogen (secondary N) is 2. The van der Waals surface area contributed by atoms with Crippen molar-refractivity contribution in [1.29, 1.82) is 0 Å². The van der Waals surface area contributed by atoms with Crippen molar-refractivity contribution in [2.45, 2.75) is 44.2 Å². The number of halogens is 1. The average molecular weight is 361 g/mol. The standard InChI is InChI=1S/C14H21BrN2O2S/c1-10(2)16-8-12-5-6-13(15)14(7-12)20(18,19)17-9-11-3-4-11/h5-7,10-11,16-17H,3-4,8-9H2,1-2H3.